The molecule has 1 amide bonds. The van der Waals surface area contributed by atoms with Crippen LogP contribution < -0.4 is 5.56 Å². The van der Waals surface area contributed by atoms with Gasteiger partial charge >= 0.3 is 0 Å². The van der Waals surface area contributed by atoms with E-state index in [2.05, 4.69) is 4.98 Å². The van der Waals surface area contributed by atoms with Gasteiger partial charge in [-0.3, -0.25) is 14.2 Å². The first kappa shape index (κ1) is 15.3. The monoisotopic (exact) mass is 327 g/mol. The number of hydrogen-bond donors (Lipinski definition) is 0. The molecule has 1 saturated heterocycles. The minimum absolute atomic E-state index is 0.0249. The molecular weight excluding hydrogens is 306 g/mol. The van der Waals surface area contributed by atoms with Crippen LogP contribution in [0.5, 0.6) is 0 Å². The van der Waals surface area contributed by atoms with Gasteiger partial charge in [-0.1, -0.05) is 12.1 Å². The molecule has 1 aromatic heterocycles. The summed E-state index contributed by atoms with van der Waals surface area (Å²) in [5, 5.41) is 0.660. The zero-order valence-corrected chi connectivity index (χ0v) is 13.6. The van der Waals surface area contributed by atoms with Crippen LogP contribution in [0.2, 0.25) is 0 Å². The summed E-state index contributed by atoms with van der Waals surface area (Å²) in [5.74, 6) is 0.853. The fourth-order valence-corrected chi connectivity index (χ4v) is 3.27. The molecule has 1 aromatic carbocycles. The number of carbonyl (C=O) groups is 1. The van der Waals surface area contributed by atoms with Crippen LogP contribution in [0.1, 0.15) is 31.1 Å². The second-order valence-corrected chi connectivity index (χ2v) is 6.44. The van der Waals surface area contributed by atoms with E-state index >= 15 is 0 Å². The highest BCUT2D eigenvalue weighted by molar-refractivity contribution is 5.78. The minimum atomic E-state index is 0.0249. The van der Waals surface area contributed by atoms with E-state index in [4.69, 9.17) is 4.74 Å². The van der Waals surface area contributed by atoms with Crippen molar-refractivity contribution in [2.75, 3.05) is 26.3 Å². The Balaban J connectivity index is 1.60. The van der Waals surface area contributed by atoms with Gasteiger partial charge in [0.15, 0.2) is 0 Å². The van der Waals surface area contributed by atoms with E-state index < -0.39 is 0 Å². The molecule has 2 heterocycles. The molecule has 0 N–H and O–H groups in total. The lowest BCUT2D eigenvalue weighted by molar-refractivity contribution is -0.135. The molecule has 2 aliphatic rings. The number of fused-ring (bicyclic) bond motifs is 1. The van der Waals surface area contributed by atoms with Crippen molar-refractivity contribution in [1.29, 1.82) is 0 Å². The molecule has 6 heteroatoms. The zero-order valence-electron chi connectivity index (χ0n) is 13.6. The van der Waals surface area contributed by atoms with Crippen LogP contribution in [0, 0.1) is 0 Å². The van der Waals surface area contributed by atoms with Gasteiger partial charge in [0.1, 0.15) is 5.82 Å². The van der Waals surface area contributed by atoms with Gasteiger partial charge in [0.05, 0.1) is 24.1 Å². The molecule has 0 atom stereocenters. The van der Waals surface area contributed by atoms with Crippen molar-refractivity contribution >= 4 is 16.8 Å². The Morgan fingerprint density at radius 1 is 1.21 bits per heavy atom. The Labute approximate surface area is 140 Å². The highest BCUT2D eigenvalue weighted by Crippen LogP contribution is 2.34. The summed E-state index contributed by atoms with van der Waals surface area (Å²) < 4.78 is 7.10. The first-order chi connectivity index (χ1) is 11.7. The number of para-hydroxylation sites is 1. The Kier molecular flexibility index (Phi) is 4.06. The van der Waals surface area contributed by atoms with E-state index in [0.717, 1.165) is 18.7 Å². The van der Waals surface area contributed by atoms with Crippen LogP contribution in [0.15, 0.2) is 29.1 Å². The predicted octanol–water partition coefficient (Wildman–Crippen LogP) is 1.52. The molecule has 6 nitrogen and oxygen atoms in total. The number of hydrogen-bond acceptors (Lipinski definition) is 4. The van der Waals surface area contributed by atoms with Crippen molar-refractivity contribution in [3.05, 3.63) is 40.4 Å². The van der Waals surface area contributed by atoms with Crippen LogP contribution in [0.3, 0.4) is 0 Å². The molecule has 1 aliphatic carbocycles. The third kappa shape index (κ3) is 2.94. The highest BCUT2D eigenvalue weighted by Gasteiger charge is 2.28. The number of morpholine rings is 1. The van der Waals surface area contributed by atoms with Crippen molar-refractivity contribution in [3.63, 3.8) is 0 Å². The van der Waals surface area contributed by atoms with Gasteiger partial charge in [0.2, 0.25) is 5.91 Å². The number of amides is 1. The van der Waals surface area contributed by atoms with Crippen molar-refractivity contribution in [2.45, 2.75) is 31.7 Å². The van der Waals surface area contributed by atoms with Gasteiger partial charge in [0, 0.05) is 32.0 Å². The zero-order chi connectivity index (χ0) is 16.5. The van der Waals surface area contributed by atoms with E-state index in [1.165, 1.54) is 0 Å². The molecule has 2 fully saturated rings. The van der Waals surface area contributed by atoms with Crippen molar-refractivity contribution < 1.29 is 9.53 Å². The Morgan fingerprint density at radius 2 is 1.96 bits per heavy atom. The van der Waals surface area contributed by atoms with Crippen molar-refractivity contribution in [3.8, 4) is 0 Å². The molecule has 0 spiro atoms. The number of benzene rings is 1. The van der Waals surface area contributed by atoms with Gasteiger partial charge < -0.3 is 9.64 Å². The minimum Gasteiger partial charge on any atom is -0.378 e. The summed E-state index contributed by atoms with van der Waals surface area (Å²) in [6.07, 6.45) is 2.93. The smallest absolute Gasteiger partial charge is 0.261 e. The number of rotatable bonds is 4. The summed E-state index contributed by atoms with van der Waals surface area (Å²) in [6.45, 7) is 2.51. The lowest BCUT2D eigenvalue weighted by atomic mass is 10.2. The van der Waals surface area contributed by atoms with Gasteiger partial charge in [-0.25, -0.2) is 4.98 Å². The molecular formula is C18H21N3O3. The van der Waals surface area contributed by atoms with Gasteiger partial charge in [-0.15, -0.1) is 0 Å². The Morgan fingerprint density at radius 3 is 2.71 bits per heavy atom. The lowest BCUT2D eigenvalue weighted by Gasteiger charge is -2.27. The standard InChI is InChI=1S/C18H21N3O3/c22-17(20-9-11-24-12-10-20)8-7-16-19-15-4-2-1-3-14(15)18(23)21(16)13-5-6-13/h1-4,13H,5-12H2. The summed E-state index contributed by atoms with van der Waals surface area (Å²) in [7, 11) is 0. The Bertz CT molecular complexity index is 820. The fourth-order valence-electron chi connectivity index (χ4n) is 3.27. The first-order valence-electron chi connectivity index (χ1n) is 8.60. The van der Waals surface area contributed by atoms with Gasteiger partial charge in [-0.05, 0) is 25.0 Å². The molecule has 4 rings (SSSR count). The molecule has 0 bridgehead atoms. The molecule has 24 heavy (non-hydrogen) atoms. The summed E-state index contributed by atoms with van der Waals surface area (Å²) >= 11 is 0. The van der Waals surface area contributed by atoms with Crippen LogP contribution >= 0.6 is 0 Å². The number of ether oxygens (including phenoxy) is 1. The summed E-state index contributed by atoms with van der Waals surface area (Å²) in [4.78, 5) is 31.7. The van der Waals surface area contributed by atoms with Crippen LogP contribution in [-0.2, 0) is 16.0 Å². The maximum absolute atomic E-state index is 12.8. The van der Waals surface area contributed by atoms with Crippen LogP contribution in [-0.4, -0.2) is 46.7 Å². The maximum atomic E-state index is 12.8. The SMILES string of the molecule is O=C(CCc1nc2ccccc2c(=O)n1C1CC1)N1CCOCC1. The molecule has 0 radical (unpaired) electrons. The van der Waals surface area contributed by atoms with Crippen molar-refractivity contribution in [2.24, 2.45) is 0 Å². The van der Waals surface area contributed by atoms with E-state index in [0.29, 0.717) is 50.0 Å². The molecule has 1 aliphatic heterocycles. The second kappa shape index (κ2) is 6.36. The third-order valence-electron chi connectivity index (χ3n) is 4.72. The average Bonchev–Trinajstić information content (AvgIpc) is 3.45. The van der Waals surface area contributed by atoms with E-state index in [9.17, 15) is 9.59 Å². The predicted molar refractivity (Wildman–Crippen MR) is 90.0 cm³/mol. The van der Waals surface area contributed by atoms with Gasteiger partial charge in [-0.2, -0.15) is 0 Å². The summed E-state index contributed by atoms with van der Waals surface area (Å²) in [6, 6.07) is 7.69. The normalized spacial score (nSPS) is 18.1. The number of carbonyl (C=O) groups excluding carboxylic acids is 1. The van der Waals surface area contributed by atoms with E-state index in [-0.39, 0.29) is 17.5 Å². The molecule has 2 aromatic rings. The lowest BCUT2D eigenvalue weighted by Crippen LogP contribution is -2.41. The summed E-state index contributed by atoms with van der Waals surface area (Å²) in [5.41, 5.74) is 0.741. The third-order valence-corrected chi connectivity index (χ3v) is 4.72. The second-order valence-electron chi connectivity index (χ2n) is 6.44. The number of aryl methyl sites for hydroxylation is 1. The van der Waals surface area contributed by atoms with Crippen LogP contribution in [0.4, 0.5) is 0 Å². The van der Waals surface area contributed by atoms with E-state index in [1.54, 1.807) is 0 Å². The average molecular weight is 327 g/mol. The highest BCUT2D eigenvalue weighted by atomic mass is 16.5. The quantitative estimate of drug-likeness (QED) is 0.854. The van der Waals surface area contributed by atoms with E-state index in [1.807, 2.05) is 33.7 Å². The largest absolute Gasteiger partial charge is 0.378 e. The number of aromatic nitrogens is 2. The maximum Gasteiger partial charge on any atom is 0.261 e. The molecule has 1 saturated carbocycles. The molecule has 126 valence electrons. The van der Waals surface area contributed by atoms with Crippen LogP contribution in [0.25, 0.3) is 10.9 Å². The molecule has 0 unspecified atom stereocenters. The topological polar surface area (TPSA) is 64.4 Å². The van der Waals surface area contributed by atoms with Gasteiger partial charge in [0.25, 0.3) is 5.56 Å². The first-order valence-corrected chi connectivity index (χ1v) is 8.60. The van der Waals surface area contributed by atoms with Crippen molar-refractivity contribution in [1.82, 2.24) is 14.5 Å². The fraction of sp³-hybridized carbons (Fsp3) is 0.500. The Hall–Kier alpha value is -2.21. The number of nitrogens with zero attached hydrogens (tertiary/aromatic N) is 3.